The van der Waals surface area contributed by atoms with Crippen molar-refractivity contribution < 1.29 is 14.3 Å². The van der Waals surface area contributed by atoms with Crippen LogP contribution in [-0.2, 0) is 16.1 Å². The molecule has 0 saturated heterocycles. The lowest BCUT2D eigenvalue weighted by atomic mass is 10.0. The fourth-order valence-corrected chi connectivity index (χ4v) is 5.95. The summed E-state index contributed by atoms with van der Waals surface area (Å²) in [6, 6.07) is 20.4. The van der Waals surface area contributed by atoms with Gasteiger partial charge in [0.05, 0.1) is 22.4 Å². The van der Waals surface area contributed by atoms with Crippen LogP contribution in [0.15, 0.2) is 93.2 Å². The lowest BCUT2D eigenvalue weighted by Crippen LogP contribution is -2.39. The van der Waals surface area contributed by atoms with Gasteiger partial charge < -0.3 is 9.47 Å². The topological polar surface area (TPSA) is 69.9 Å². The maximum absolute atomic E-state index is 13.6. The summed E-state index contributed by atoms with van der Waals surface area (Å²) in [5, 5.41) is 1.94. The van der Waals surface area contributed by atoms with Crippen LogP contribution in [0.1, 0.15) is 35.9 Å². The van der Waals surface area contributed by atoms with Gasteiger partial charge in [0, 0.05) is 4.88 Å². The third-order valence-electron chi connectivity index (χ3n) is 5.76. The minimum Gasteiger partial charge on any atom is -0.494 e. The van der Waals surface area contributed by atoms with E-state index < -0.39 is 12.0 Å². The van der Waals surface area contributed by atoms with Gasteiger partial charge in [0.1, 0.15) is 18.4 Å². The summed E-state index contributed by atoms with van der Waals surface area (Å²) in [4.78, 5) is 33.1. The van der Waals surface area contributed by atoms with Gasteiger partial charge in [-0.25, -0.2) is 9.79 Å². The molecule has 1 aliphatic rings. The molecule has 0 amide bonds. The van der Waals surface area contributed by atoms with Crippen LogP contribution in [0.2, 0.25) is 0 Å². The Bertz CT molecular complexity index is 1580. The van der Waals surface area contributed by atoms with Crippen LogP contribution in [-0.4, -0.2) is 17.1 Å². The predicted molar refractivity (Wildman–Crippen MR) is 142 cm³/mol. The largest absolute Gasteiger partial charge is 0.494 e. The molecule has 0 bridgehead atoms. The van der Waals surface area contributed by atoms with Crippen LogP contribution in [0.3, 0.4) is 0 Å². The highest BCUT2D eigenvalue weighted by molar-refractivity contribution is 7.10. The van der Waals surface area contributed by atoms with E-state index >= 15 is 0 Å². The van der Waals surface area contributed by atoms with Crippen LogP contribution in [0, 0.1) is 0 Å². The molecular weight excluding hydrogens is 492 g/mol. The molecule has 8 heteroatoms. The van der Waals surface area contributed by atoms with E-state index in [0.29, 0.717) is 27.2 Å². The van der Waals surface area contributed by atoms with E-state index in [4.69, 9.17) is 9.47 Å². The van der Waals surface area contributed by atoms with Gasteiger partial charge >= 0.3 is 5.97 Å². The first-order valence-corrected chi connectivity index (χ1v) is 13.2. The number of rotatable bonds is 7. The molecule has 0 radical (unpaired) electrons. The Labute approximate surface area is 216 Å². The Hall–Kier alpha value is -3.75. The van der Waals surface area contributed by atoms with Gasteiger partial charge in [-0.2, -0.15) is 0 Å². The van der Waals surface area contributed by atoms with Crippen LogP contribution >= 0.6 is 22.7 Å². The fourth-order valence-electron chi connectivity index (χ4n) is 4.08. The highest BCUT2D eigenvalue weighted by Gasteiger charge is 2.34. The summed E-state index contributed by atoms with van der Waals surface area (Å²) in [6.45, 7) is 4.47. The highest BCUT2D eigenvalue weighted by Crippen LogP contribution is 2.33. The number of benzene rings is 2. The molecule has 2 aromatic carbocycles. The van der Waals surface area contributed by atoms with Crippen molar-refractivity contribution in [3.63, 3.8) is 0 Å². The van der Waals surface area contributed by atoms with E-state index in [1.54, 1.807) is 11.5 Å². The Morgan fingerprint density at radius 2 is 1.86 bits per heavy atom. The van der Waals surface area contributed by atoms with Gasteiger partial charge in [0.15, 0.2) is 4.80 Å². The third kappa shape index (κ3) is 4.82. The number of hydrogen-bond acceptors (Lipinski definition) is 7. The molecule has 0 spiro atoms. The van der Waals surface area contributed by atoms with E-state index in [1.807, 2.05) is 85.1 Å². The molecule has 1 aliphatic heterocycles. The van der Waals surface area contributed by atoms with Gasteiger partial charge in [-0.15, -0.1) is 11.3 Å². The number of thiazole rings is 1. The molecule has 0 N–H and O–H groups in total. The number of hydrogen-bond donors (Lipinski definition) is 0. The number of carbonyl (C=O) groups excluding carboxylic acids is 1. The SMILES string of the molecule is CCOc1ccc(/C=c2/sc3n(c2=O)C(c2cccs2)C(C(=O)OCc2ccccc2)=C(C)N=3)cc1. The summed E-state index contributed by atoms with van der Waals surface area (Å²) in [6.07, 6.45) is 1.85. The van der Waals surface area contributed by atoms with Crippen LogP contribution in [0.5, 0.6) is 5.75 Å². The molecule has 4 aromatic rings. The second-order valence-corrected chi connectivity index (χ2v) is 10.1. The van der Waals surface area contributed by atoms with Gasteiger partial charge in [-0.1, -0.05) is 59.9 Å². The standard InChI is InChI=1S/C28H24N2O4S2/c1-3-33-21-13-11-19(12-14-21)16-23-26(31)30-25(22-10-7-15-35-22)24(18(2)29-28(30)36-23)27(32)34-17-20-8-5-4-6-9-20/h4-16,25H,3,17H2,1-2H3/b23-16+. The van der Waals surface area contributed by atoms with E-state index in [-0.39, 0.29) is 12.2 Å². The lowest BCUT2D eigenvalue weighted by Gasteiger charge is -2.23. The number of esters is 1. The molecule has 1 atom stereocenters. The smallest absolute Gasteiger partial charge is 0.338 e. The van der Waals surface area contributed by atoms with Crippen molar-refractivity contribution in [2.24, 2.45) is 4.99 Å². The van der Waals surface area contributed by atoms with E-state index in [9.17, 15) is 9.59 Å². The molecular formula is C28H24N2O4S2. The summed E-state index contributed by atoms with van der Waals surface area (Å²) in [5.41, 5.74) is 2.53. The molecule has 5 rings (SSSR count). The van der Waals surface area contributed by atoms with Gasteiger partial charge in [0.25, 0.3) is 5.56 Å². The Morgan fingerprint density at radius 1 is 1.08 bits per heavy atom. The summed E-state index contributed by atoms with van der Waals surface area (Å²) < 4.78 is 13.3. The minimum absolute atomic E-state index is 0.149. The normalized spacial score (nSPS) is 15.4. The van der Waals surface area contributed by atoms with Crippen LogP contribution in [0.25, 0.3) is 6.08 Å². The van der Waals surface area contributed by atoms with E-state index in [1.165, 1.54) is 22.7 Å². The molecule has 36 heavy (non-hydrogen) atoms. The maximum atomic E-state index is 13.6. The monoisotopic (exact) mass is 516 g/mol. The Morgan fingerprint density at radius 3 is 2.56 bits per heavy atom. The fraction of sp³-hybridized carbons (Fsp3) is 0.179. The van der Waals surface area contributed by atoms with Crippen molar-refractivity contribution in [1.82, 2.24) is 4.57 Å². The Kier molecular flexibility index (Phi) is 6.97. The number of allylic oxidation sites excluding steroid dienone is 1. The number of fused-ring (bicyclic) bond motifs is 1. The quantitative estimate of drug-likeness (QED) is 0.341. The zero-order valence-corrected chi connectivity index (χ0v) is 21.5. The first-order valence-electron chi connectivity index (χ1n) is 11.5. The van der Waals surface area contributed by atoms with Crippen LogP contribution in [0.4, 0.5) is 0 Å². The third-order valence-corrected chi connectivity index (χ3v) is 7.66. The van der Waals surface area contributed by atoms with Crippen molar-refractivity contribution >= 4 is 34.7 Å². The molecule has 3 heterocycles. The average Bonchev–Trinajstić information content (AvgIpc) is 3.52. The lowest BCUT2D eigenvalue weighted by molar-refractivity contribution is -0.140. The molecule has 2 aromatic heterocycles. The minimum atomic E-state index is -0.591. The van der Waals surface area contributed by atoms with Gasteiger partial charge in [-0.3, -0.25) is 9.36 Å². The molecule has 1 unspecified atom stereocenters. The molecule has 6 nitrogen and oxygen atoms in total. The second-order valence-electron chi connectivity index (χ2n) is 8.16. The number of nitrogens with zero attached hydrogens (tertiary/aromatic N) is 2. The van der Waals surface area contributed by atoms with Crippen molar-refractivity contribution in [2.45, 2.75) is 26.5 Å². The van der Waals surface area contributed by atoms with Crippen molar-refractivity contribution in [3.05, 3.63) is 119 Å². The summed E-state index contributed by atoms with van der Waals surface area (Å²) in [7, 11) is 0. The maximum Gasteiger partial charge on any atom is 0.338 e. The van der Waals surface area contributed by atoms with Crippen molar-refractivity contribution in [3.8, 4) is 5.75 Å². The first-order chi connectivity index (χ1) is 17.5. The predicted octanol–water partition coefficient (Wildman–Crippen LogP) is 4.44. The zero-order chi connectivity index (χ0) is 25.1. The average molecular weight is 517 g/mol. The van der Waals surface area contributed by atoms with E-state index in [2.05, 4.69) is 4.99 Å². The van der Waals surface area contributed by atoms with Crippen molar-refractivity contribution in [2.75, 3.05) is 6.61 Å². The zero-order valence-electron chi connectivity index (χ0n) is 19.8. The number of carbonyl (C=O) groups is 1. The van der Waals surface area contributed by atoms with Gasteiger partial charge in [-0.05, 0) is 54.6 Å². The molecule has 0 aliphatic carbocycles. The molecule has 0 saturated carbocycles. The highest BCUT2D eigenvalue weighted by atomic mass is 32.1. The summed E-state index contributed by atoms with van der Waals surface area (Å²) in [5.74, 6) is 0.308. The number of thiophene rings is 1. The number of aromatic nitrogens is 1. The van der Waals surface area contributed by atoms with Gasteiger partial charge in [0.2, 0.25) is 0 Å². The van der Waals surface area contributed by atoms with E-state index in [0.717, 1.165) is 21.8 Å². The van der Waals surface area contributed by atoms with Crippen LogP contribution < -0.4 is 19.6 Å². The molecule has 182 valence electrons. The van der Waals surface area contributed by atoms with Crippen molar-refractivity contribution in [1.29, 1.82) is 0 Å². The number of ether oxygens (including phenoxy) is 2. The Balaban J connectivity index is 1.54. The first kappa shape index (κ1) is 24.0. The summed E-state index contributed by atoms with van der Waals surface area (Å²) >= 11 is 2.81. The second kappa shape index (κ2) is 10.5. The molecule has 0 fully saturated rings.